The summed E-state index contributed by atoms with van der Waals surface area (Å²) in [5.41, 5.74) is 2.24. The van der Waals surface area contributed by atoms with Gasteiger partial charge in [0.1, 0.15) is 5.75 Å². The summed E-state index contributed by atoms with van der Waals surface area (Å²) in [5.74, 6) is 1.24. The van der Waals surface area contributed by atoms with Crippen molar-refractivity contribution in [2.45, 2.75) is 39.5 Å². The fraction of sp³-hybridized carbons (Fsp3) is 0.478. The molecule has 5 nitrogen and oxygen atoms in total. The Kier molecular flexibility index (Phi) is 7.69. The molecule has 1 aliphatic heterocycles. The molecule has 1 aliphatic rings. The predicted octanol–water partition coefficient (Wildman–Crippen LogP) is 3.83. The van der Waals surface area contributed by atoms with Gasteiger partial charge in [-0.2, -0.15) is 0 Å². The Hall–Kier alpha value is -2.34. The first-order valence-corrected chi connectivity index (χ1v) is 11.2. The molecule has 1 fully saturated rings. The summed E-state index contributed by atoms with van der Waals surface area (Å²) < 4.78 is 5.91. The molecule has 0 bridgehead atoms. The average Bonchev–Trinajstić information content (AvgIpc) is 3.07. The van der Waals surface area contributed by atoms with E-state index in [2.05, 4.69) is 0 Å². The SMILES string of the molecule is Cc1cccc(C)c1OCCCC(=O)N1CCCN(C(=O)Cc2cccs2)CC1. The fourth-order valence-electron chi connectivity index (χ4n) is 3.67. The molecular formula is C23H30N2O3S. The second kappa shape index (κ2) is 10.4. The van der Waals surface area contributed by atoms with Gasteiger partial charge in [-0.3, -0.25) is 9.59 Å². The van der Waals surface area contributed by atoms with Crippen molar-refractivity contribution in [2.75, 3.05) is 32.8 Å². The van der Waals surface area contributed by atoms with Crippen molar-refractivity contribution in [3.8, 4) is 5.75 Å². The monoisotopic (exact) mass is 414 g/mol. The standard InChI is InChI=1S/C23H30N2O3S/c1-18-7-3-8-19(2)23(18)28-15-4-10-21(26)24-11-6-12-25(14-13-24)22(27)17-20-9-5-16-29-20/h3,5,7-9,16H,4,6,10-15,17H2,1-2H3. The number of ether oxygens (including phenoxy) is 1. The van der Waals surface area contributed by atoms with Crippen LogP contribution in [0, 0.1) is 13.8 Å². The van der Waals surface area contributed by atoms with Crippen LogP contribution in [0.25, 0.3) is 0 Å². The molecule has 3 rings (SSSR count). The van der Waals surface area contributed by atoms with Gasteiger partial charge in [0.05, 0.1) is 13.0 Å². The number of carbonyl (C=O) groups is 2. The van der Waals surface area contributed by atoms with Gasteiger partial charge >= 0.3 is 0 Å². The van der Waals surface area contributed by atoms with Crippen molar-refractivity contribution in [3.63, 3.8) is 0 Å². The molecule has 0 unspecified atom stereocenters. The van der Waals surface area contributed by atoms with Crippen molar-refractivity contribution < 1.29 is 14.3 Å². The van der Waals surface area contributed by atoms with Gasteiger partial charge in [-0.15, -0.1) is 11.3 Å². The van der Waals surface area contributed by atoms with Crippen LogP contribution in [0.1, 0.15) is 35.3 Å². The van der Waals surface area contributed by atoms with Crippen LogP contribution in [0.15, 0.2) is 35.7 Å². The molecule has 0 spiro atoms. The largest absolute Gasteiger partial charge is 0.493 e. The predicted molar refractivity (Wildman–Crippen MR) is 116 cm³/mol. The van der Waals surface area contributed by atoms with E-state index >= 15 is 0 Å². The summed E-state index contributed by atoms with van der Waals surface area (Å²) in [6, 6.07) is 10.1. The first kappa shape index (κ1) is 21.4. The van der Waals surface area contributed by atoms with Crippen molar-refractivity contribution in [2.24, 2.45) is 0 Å². The molecule has 29 heavy (non-hydrogen) atoms. The number of hydrogen-bond acceptors (Lipinski definition) is 4. The Morgan fingerprint density at radius 1 is 0.966 bits per heavy atom. The fourth-order valence-corrected chi connectivity index (χ4v) is 4.37. The molecule has 1 aromatic carbocycles. The van der Waals surface area contributed by atoms with E-state index in [1.54, 1.807) is 11.3 Å². The van der Waals surface area contributed by atoms with E-state index in [9.17, 15) is 9.59 Å². The zero-order valence-electron chi connectivity index (χ0n) is 17.4. The molecular weight excluding hydrogens is 384 g/mol. The van der Waals surface area contributed by atoms with Crippen molar-refractivity contribution >= 4 is 23.2 Å². The normalized spacial score (nSPS) is 14.6. The van der Waals surface area contributed by atoms with Crippen LogP contribution in [-0.2, 0) is 16.0 Å². The third-order valence-corrected chi connectivity index (χ3v) is 6.17. The summed E-state index contributed by atoms with van der Waals surface area (Å²) in [5, 5.41) is 2.00. The van der Waals surface area contributed by atoms with E-state index in [0.29, 0.717) is 39.0 Å². The zero-order chi connectivity index (χ0) is 20.6. The van der Waals surface area contributed by atoms with Gasteiger partial charge in [0, 0.05) is 37.5 Å². The molecule has 156 valence electrons. The van der Waals surface area contributed by atoms with Crippen molar-refractivity contribution in [1.29, 1.82) is 0 Å². The topological polar surface area (TPSA) is 49.9 Å². The lowest BCUT2D eigenvalue weighted by molar-refractivity contribution is -0.133. The molecule has 0 N–H and O–H groups in total. The third kappa shape index (κ3) is 6.07. The van der Waals surface area contributed by atoms with Crippen LogP contribution in [0.3, 0.4) is 0 Å². The maximum Gasteiger partial charge on any atom is 0.227 e. The molecule has 1 saturated heterocycles. The number of carbonyl (C=O) groups excluding carboxylic acids is 2. The highest BCUT2D eigenvalue weighted by molar-refractivity contribution is 7.10. The number of amides is 2. The minimum atomic E-state index is 0.155. The summed E-state index contributed by atoms with van der Waals surface area (Å²) in [7, 11) is 0. The van der Waals surface area contributed by atoms with E-state index < -0.39 is 0 Å². The first-order chi connectivity index (χ1) is 14.0. The molecule has 0 radical (unpaired) electrons. The smallest absolute Gasteiger partial charge is 0.227 e. The number of rotatable bonds is 7. The third-order valence-electron chi connectivity index (χ3n) is 5.30. The summed E-state index contributed by atoms with van der Waals surface area (Å²) in [4.78, 5) is 30.0. The number of thiophene rings is 1. The Balaban J connectivity index is 1.40. The van der Waals surface area contributed by atoms with Crippen LogP contribution in [-0.4, -0.2) is 54.4 Å². The summed E-state index contributed by atoms with van der Waals surface area (Å²) in [6.07, 6.45) is 2.47. The van der Waals surface area contributed by atoms with Gasteiger partial charge in [0.2, 0.25) is 11.8 Å². The highest BCUT2D eigenvalue weighted by atomic mass is 32.1. The Morgan fingerprint density at radius 2 is 1.66 bits per heavy atom. The molecule has 0 atom stereocenters. The minimum Gasteiger partial charge on any atom is -0.493 e. The van der Waals surface area contributed by atoms with E-state index in [0.717, 1.165) is 41.3 Å². The first-order valence-electron chi connectivity index (χ1n) is 10.3. The minimum absolute atomic E-state index is 0.155. The highest BCUT2D eigenvalue weighted by Gasteiger charge is 2.22. The van der Waals surface area contributed by atoms with Crippen LogP contribution in [0.2, 0.25) is 0 Å². The zero-order valence-corrected chi connectivity index (χ0v) is 18.2. The van der Waals surface area contributed by atoms with Crippen LogP contribution in [0.5, 0.6) is 5.75 Å². The van der Waals surface area contributed by atoms with Crippen molar-refractivity contribution in [1.82, 2.24) is 9.80 Å². The second-order valence-electron chi connectivity index (χ2n) is 7.54. The van der Waals surface area contributed by atoms with Gasteiger partial charge in [0.25, 0.3) is 0 Å². The van der Waals surface area contributed by atoms with Gasteiger partial charge < -0.3 is 14.5 Å². The molecule has 0 aliphatic carbocycles. The Morgan fingerprint density at radius 3 is 2.31 bits per heavy atom. The van der Waals surface area contributed by atoms with Crippen molar-refractivity contribution in [3.05, 3.63) is 51.7 Å². The quantitative estimate of drug-likeness (QED) is 0.647. The number of benzene rings is 1. The molecule has 2 aromatic rings. The second-order valence-corrected chi connectivity index (χ2v) is 8.58. The van der Waals surface area contributed by atoms with Gasteiger partial charge in [-0.1, -0.05) is 24.3 Å². The maximum atomic E-state index is 12.6. The summed E-state index contributed by atoms with van der Waals surface area (Å²) in [6.45, 7) is 7.30. The lowest BCUT2D eigenvalue weighted by Gasteiger charge is -2.22. The maximum absolute atomic E-state index is 12.6. The summed E-state index contributed by atoms with van der Waals surface area (Å²) >= 11 is 1.61. The molecule has 2 heterocycles. The van der Waals surface area contributed by atoms with Gasteiger partial charge in [-0.25, -0.2) is 0 Å². The molecule has 1 aromatic heterocycles. The molecule has 0 saturated carbocycles. The number of hydrogen-bond donors (Lipinski definition) is 0. The molecule has 6 heteroatoms. The van der Waals surface area contributed by atoms with E-state index in [1.807, 2.05) is 59.4 Å². The lowest BCUT2D eigenvalue weighted by atomic mass is 10.1. The molecule has 2 amide bonds. The van der Waals surface area contributed by atoms with Crippen LogP contribution in [0.4, 0.5) is 0 Å². The van der Waals surface area contributed by atoms with E-state index in [-0.39, 0.29) is 11.8 Å². The van der Waals surface area contributed by atoms with E-state index in [1.165, 1.54) is 0 Å². The van der Waals surface area contributed by atoms with Crippen LogP contribution < -0.4 is 4.74 Å². The van der Waals surface area contributed by atoms with Crippen LogP contribution >= 0.6 is 11.3 Å². The Bertz CT molecular complexity index is 799. The number of para-hydroxylation sites is 1. The number of aryl methyl sites for hydroxylation is 2. The number of nitrogens with zero attached hydrogens (tertiary/aromatic N) is 2. The lowest BCUT2D eigenvalue weighted by Crippen LogP contribution is -2.37. The van der Waals surface area contributed by atoms with E-state index in [4.69, 9.17) is 4.74 Å². The average molecular weight is 415 g/mol. The van der Waals surface area contributed by atoms with Gasteiger partial charge in [0.15, 0.2) is 0 Å². The van der Waals surface area contributed by atoms with Gasteiger partial charge in [-0.05, 0) is 49.3 Å². The Labute approximate surface area is 177 Å². The highest BCUT2D eigenvalue weighted by Crippen LogP contribution is 2.22.